The molecule has 1 unspecified atom stereocenters. The number of hydrogen-bond acceptors (Lipinski definition) is 3. The molecule has 0 bridgehead atoms. The lowest BCUT2D eigenvalue weighted by Crippen LogP contribution is -2.31. The molecule has 2 N–H and O–H groups in total. The number of rotatable bonds is 6. The monoisotopic (exact) mass is 263 g/mol. The molecule has 0 saturated carbocycles. The van der Waals surface area contributed by atoms with E-state index in [9.17, 15) is 4.39 Å². The van der Waals surface area contributed by atoms with Gasteiger partial charge in [0.05, 0.1) is 11.6 Å². The minimum absolute atomic E-state index is 0.165. The lowest BCUT2D eigenvalue weighted by atomic mass is 10.0. The van der Waals surface area contributed by atoms with Crippen LogP contribution in [-0.2, 0) is 6.54 Å². The van der Waals surface area contributed by atoms with E-state index in [0.717, 1.165) is 13.0 Å². The smallest absolute Gasteiger partial charge is 0.127 e. The summed E-state index contributed by atoms with van der Waals surface area (Å²) in [4.78, 5) is 2.03. The number of benzene rings is 1. The summed E-state index contributed by atoms with van der Waals surface area (Å²) in [7, 11) is 1.94. The Hall–Kier alpha value is -1.44. The van der Waals surface area contributed by atoms with Crippen molar-refractivity contribution in [3.63, 3.8) is 0 Å². The topological polar surface area (TPSA) is 53.0 Å². The number of hydrogen-bond donors (Lipinski definition) is 1. The molecule has 104 valence electrons. The summed E-state index contributed by atoms with van der Waals surface area (Å²) in [5.74, 6) is 0.186. The van der Waals surface area contributed by atoms with Crippen molar-refractivity contribution in [2.24, 2.45) is 11.7 Å². The van der Waals surface area contributed by atoms with Gasteiger partial charge in [-0.2, -0.15) is 5.26 Å². The summed E-state index contributed by atoms with van der Waals surface area (Å²) in [6.07, 6.45) is 0.883. The van der Waals surface area contributed by atoms with Gasteiger partial charge in [0.1, 0.15) is 5.82 Å². The normalized spacial score (nSPS) is 12.7. The maximum absolute atomic E-state index is 13.6. The summed E-state index contributed by atoms with van der Waals surface area (Å²) >= 11 is 0. The second-order valence-electron chi connectivity index (χ2n) is 5.35. The molecule has 1 aromatic carbocycles. The second kappa shape index (κ2) is 7.22. The summed E-state index contributed by atoms with van der Waals surface area (Å²) in [5, 5.41) is 8.82. The second-order valence-corrected chi connectivity index (χ2v) is 5.35. The van der Waals surface area contributed by atoms with Crippen LogP contribution in [0.5, 0.6) is 0 Å². The van der Waals surface area contributed by atoms with Gasteiger partial charge in [0.2, 0.25) is 0 Å². The van der Waals surface area contributed by atoms with Gasteiger partial charge in [-0.05, 0) is 44.1 Å². The minimum atomic E-state index is -0.265. The van der Waals surface area contributed by atoms with Crippen molar-refractivity contribution in [1.82, 2.24) is 4.90 Å². The van der Waals surface area contributed by atoms with Crippen molar-refractivity contribution >= 4 is 0 Å². The first-order valence-corrected chi connectivity index (χ1v) is 6.56. The highest BCUT2D eigenvalue weighted by Crippen LogP contribution is 2.13. The lowest BCUT2D eigenvalue weighted by molar-refractivity contribution is 0.292. The van der Waals surface area contributed by atoms with E-state index >= 15 is 0 Å². The third-order valence-electron chi connectivity index (χ3n) is 3.32. The van der Waals surface area contributed by atoms with E-state index in [2.05, 4.69) is 13.8 Å². The van der Waals surface area contributed by atoms with E-state index in [1.807, 2.05) is 18.0 Å². The van der Waals surface area contributed by atoms with Crippen molar-refractivity contribution in [2.75, 3.05) is 13.6 Å². The minimum Gasteiger partial charge on any atom is -0.327 e. The predicted molar refractivity (Wildman–Crippen MR) is 74.9 cm³/mol. The lowest BCUT2D eigenvalue weighted by Gasteiger charge is -2.21. The fraction of sp³-hybridized carbons (Fsp3) is 0.533. The van der Waals surface area contributed by atoms with E-state index in [1.54, 1.807) is 6.07 Å². The molecule has 0 heterocycles. The van der Waals surface area contributed by atoms with Crippen LogP contribution in [0.3, 0.4) is 0 Å². The molecule has 0 aliphatic heterocycles. The third-order valence-corrected chi connectivity index (χ3v) is 3.32. The summed E-state index contributed by atoms with van der Waals surface area (Å²) in [6.45, 7) is 5.50. The Morgan fingerprint density at radius 1 is 1.42 bits per heavy atom. The van der Waals surface area contributed by atoms with Crippen molar-refractivity contribution in [2.45, 2.75) is 32.9 Å². The van der Waals surface area contributed by atoms with Crippen LogP contribution in [-0.4, -0.2) is 24.5 Å². The van der Waals surface area contributed by atoms with Crippen LogP contribution in [0.2, 0.25) is 0 Å². The first-order chi connectivity index (χ1) is 8.93. The van der Waals surface area contributed by atoms with Crippen molar-refractivity contribution in [3.05, 3.63) is 35.1 Å². The molecule has 0 amide bonds. The van der Waals surface area contributed by atoms with Crippen LogP contribution in [0.25, 0.3) is 0 Å². The molecule has 1 atom stereocenters. The quantitative estimate of drug-likeness (QED) is 0.858. The van der Waals surface area contributed by atoms with Gasteiger partial charge < -0.3 is 10.6 Å². The Bertz CT molecular complexity index is 451. The average Bonchev–Trinajstić information content (AvgIpc) is 2.38. The van der Waals surface area contributed by atoms with Gasteiger partial charge in [-0.1, -0.05) is 13.8 Å². The van der Waals surface area contributed by atoms with E-state index < -0.39 is 0 Å². The van der Waals surface area contributed by atoms with Crippen LogP contribution in [0.4, 0.5) is 4.39 Å². The van der Waals surface area contributed by atoms with Gasteiger partial charge in [-0.25, -0.2) is 4.39 Å². The molecule has 1 aromatic rings. The molecule has 0 aliphatic rings. The number of nitrogens with two attached hydrogens (primary N) is 1. The Morgan fingerprint density at radius 2 is 2.11 bits per heavy atom. The van der Waals surface area contributed by atoms with Crippen molar-refractivity contribution < 1.29 is 4.39 Å². The molecular formula is C15H22FN3. The maximum atomic E-state index is 13.6. The predicted octanol–water partition coefficient (Wildman–Crippen LogP) is 2.50. The zero-order valence-electron chi connectivity index (χ0n) is 11.9. The molecule has 0 aromatic heterocycles. The molecule has 4 heteroatoms. The highest BCUT2D eigenvalue weighted by Gasteiger charge is 2.11. The van der Waals surface area contributed by atoms with E-state index in [1.165, 1.54) is 12.1 Å². The summed E-state index contributed by atoms with van der Waals surface area (Å²) in [5.41, 5.74) is 7.03. The first kappa shape index (κ1) is 15.6. The van der Waals surface area contributed by atoms with Crippen LogP contribution in [0.1, 0.15) is 31.4 Å². The third kappa shape index (κ3) is 4.98. The molecule has 19 heavy (non-hydrogen) atoms. The SMILES string of the molecule is CC(C)C(N)CCN(C)Cc1cc(C#N)ccc1F. The van der Waals surface area contributed by atoms with Crippen LogP contribution in [0, 0.1) is 23.1 Å². The van der Waals surface area contributed by atoms with Gasteiger partial charge >= 0.3 is 0 Å². The standard InChI is InChI=1S/C15H22FN3/c1-11(2)15(18)6-7-19(3)10-13-8-12(9-17)4-5-14(13)16/h4-5,8,11,15H,6-7,10,18H2,1-3H3. The van der Waals surface area contributed by atoms with Crippen molar-refractivity contribution in [3.8, 4) is 6.07 Å². The molecule has 0 spiro atoms. The van der Waals surface area contributed by atoms with Crippen LogP contribution < -0.4 is 5.73 Å². The fourth-order valence-corrected chi connectivity index (χ4v) is 1.84. The molecule has 0 fully saturated rings. The van der Waals surface area contributed by atoms with E-state index in [4.69, 9.17) is 11.0 Å². The Morgan fingerprint density at radius 3 is 2.68 bits per heavy atom. The molecule has 0 saturated heterocycles. The Balaban J connectivity index is 2.57. The van der Waals surface area contributed by atoms with Gasteiger partial charge in [0, 0.05) is 18.2 Å². The van der Waals surface area contributed by atoms with Gasteiger partial charge in [-0.3, -0.25) is 0 Å². The number of halogens is 1. The number of nitriles is 1. The maximum Gasteiger partial charge on any atom is 0.127 e. The summed E-state index contributed by atoms with van der Waals surface area (Å²) in [6, 6.07) is 6.64. The van der Waals surface area contributed by atoms with Gasteiger partial charge in [0.25, 0.3) is 0 Å². The molecular weight excluding hydrogens is 241 g/mol. The van der Waals surface area contributed by atoms with Gasteiger partial charge in [0.15, 0.2) is 0 Å². The van der Waals surface area contributed by atoms with Crippen LogP contribution >= 0.6 is 0 Å². The number of nitrogens with zero attached hydrogens (tertiary/aromatic N) is 2. The van der Waals surface area contributed by atoms with Gasteiger partial charge in [-0.15, -0.1) is 0 Å². The fourth-order valence-electron chi connectivity index (χ4n) is 1.84. The van der Waals surface area contributed by atoms with E-state index in [0.29, 0.717) is 23.6 Å². The Kier molecular flexibility index (Phi) is 5.94. The highest BCUT2D eigenvalue weighted by atomic mass is 19.1. The summed E-state index contributed by atoms with van der Waals surface area (Å²) < 4.78 is 13.6. The average molecular weight is 263 g/mol. The Labute approximate surface area is 114 Å². The zero-order valence-corrected chi connectivity index (χ0v) is 11.9. The van der Waals surface area contributed by atoms with Crippen LogP contribution in [0.15, 0.2) is 18.2 Å². The first-order valence-electron chi connectivity index (χ1n) is 6.56. The highest BCUT2D eigenvalue weighted by molar-refractivity contribution is 5.33. The van der Waals surface area contributed by atoms with E-state index in [-0.39, 0.29) is 11.9 Å². The molecule has 3 nitrogen and oxygen atoms in total. The largest absolute Gasteiger partial charge is 0.327 e. The molecule has 0 radical (unpaired) electrons. The zero-order chi connectivity index (χ0) is 14.4. The molecule has 1 rings (SSSR count). The van der Waals surface area contributed by atoms with Crippen molar-refractivity contribution in [1.29, 1.82) is 5.26 Å². The molecule has 0 aliphatic carbocycles.